The molecule has 0 saturated carbocycles. The summed E-state index contributed by atoms with van der Waals surface area (Å²) < 4.78 is 10.8. The number of hydrogen-bond acceptors (Lipinski definition) is 4. The smallest absolute Gasteiger partial charge is 0.262 e. The van der Waals surface area contributed by atoms with Crippen molar-refractivity contribution in [2.45, 2.75) is 45.2 Å². The molecule has 6 nitrogen and oxygen atoms in total. The first-order valence-electron chi connectivity index (χ1n) is 9.98. The molecule has 0 aromatic heterocycles. The third-order valence-electron chi connectivity index (χ3n) is 5.29. The highest BCUT2D eigenvalue weighted by atomic mass is 16.5. The Labute approximate surface area is 171 Å². The molecule has 154 valence electrons. The number of methoxy groups -OCH3 is 1. The van der Waals surface area contributed by atoms with E-state index in [1.807, 2.05) is 23.1 Å². The number of carbonyl (C=O) groups excluding carboxylic acids is 2. The Morgan fingerprint density at radius 2 is 1.62 bits per heavy atom. The van der Waals surface area contributed by atoms with Gasteiger partial charge in [-0.1, -0.05) is 24.3 Å². The molecule has 3 rings (SSSR count). The molecule has 1 heterocycles. The molecule has 0 spiro atoms. The lowest BCUT2D eigenvalue weighted by Gasteiger charge is -2.39. The molecule has 1 fully saturated rings. The molecule has 1 N–H and O–H groups in total. The van der Waals surface area contributed by atoms with Crippen molar-refractivity contribution in [1.29, 1.82) is 0 Å². The number of carbonyl (C=O) groups is 2. The van der Waals surface area contributed by atoms with Gasteiger partial charge >= 0.3 is 0 Å². The number of para-hydroxylation sites is 3. The Morgan fingerprint density at radius 3 is 2.31 bits per heavy atom. The molecule has 0 bridgehead atoms. The standard InChI is InChI=1S/C23H28N2O4/c1-16-9-8-10-17(2)25(16)23(27)18-11-4-5-12-19(18)24-22(26)15-29-21-14-7-6-13-20(21)28-3/h4-7,11-14,16-17H,8-10,15H2,1-3H3,(H,24,26). The molecule has 0 radical (unpaired) electrons. The van der Waals surface area contributed by atoms with Crippen LogP contribution in [-0.2, 0) is 4.79 Å². The maximum Gasteiger partial charge on any atom is 0.262 e. The van der Waals surface area contributed by atoms with Crippen molar-refractivity contribution in [3.63, 3.8) is 0 Å². The molecular formula is C23H28N2O4. The molecule has 2 aromatic rings. The van der Waals surface area contributed by atoms with Crippen LogP contribution in [0, 0.1) is 0 Å². The van der Waals surface area contributed by atoms with E-state index in [9.17, 15) is 9.59 Å². The van der Waals surface area contributed by atoms with Gasteiger partial charge < -0.3 is 19.7 Å². The highest BCUT2D eigenvalue weighted by molar-refractivity contribution is 6.04. The number of hydrogen-bond donors (Lipinski definition) is 1. The minimum Gasteiger partial charge on any atom is -0.493 e. The minimum atomic E-state index is -0.337. The quantitative estimate of drug-likeness (QED) is 0.798. The van der Waals surface area contributed by atoms with Crippen LogP contribution in [0.2, 0.25) is 0 Å². The van der Waals surface area contributed by atoms with Gasteiger partial charge in [-0.3, -0.25) is 9.59 Å². The van der Waals surface area contributed by atoms with Crippen molar-refractivity contribution in [2.24, 2.45) is 0 Å². The van der Waals surface area contributed by atoms with Crippen molar-refractivity contribution < 1.29 is 19.1 Å². The first kappa shape index (κ1) is 20.7. The lowest BCUT2D eigenvalue weighted by atomic mass is 9.96. The monoisotopic (exact) mass is 396 g/mol. The summed E-state index contributed by atoms with van der Waals surface area (Å²) in [5.41, 5.74) is 0.995. The van der Waals surface area contributed by atoms with Gasteiger partial charge in [0.1, 0.15) is 0 Å². The Hall–Kier alpha value is -3.02. The summed E-state index contributed by atoms with van der Waals surface area (Å²) in [6.07, 6.45) is 3.12. The molecule has 1 saturated heterocycles. The van der Waals surface area contributed by atoms with Gasteiger partial charge in [0, 0.05) is 12.1 Å². The molecule has 2 unspecified atom stereocenters. The van der Waals surface area contributed by atoms with Crippen molar-refractivity contribution in [3.8, 4) is 11.5 Å². The van der Waals surface area contributed by atoms with E-state index >= 15 is 0 Å². The number of benzene rings is 2. The van der Waals surface area contributed by atoms with E-state index < -0.39 is 0 Å². The topological polar surface area (TPSA) is 67.9 Å². The fourth-order valence-corrected chi connectivity index (χ4v) is 3.81. The molecular weight excluding hydrogens is 368 g/mol. The number of nitrogens with one attached hydrogen (secondary N) is 1. The maximum absolute atomic E-state index is 13.2. The number of ether oxygens (including phenoxy) is 2. The van der Waals surface area contributed by atoms with E-state index in [1.54, 1.807) is 37.4 Å². The molecule has 2 amide bonds. The second-order valence-corrected chi connectivity index (χ2v) is 7.37. The molecule has 1 aliphatic heterocycles. The largest absolute Gasteiger partial charge is 0.493 e. The van der Waals surface area contributed by atoms with Crippen LogP contribution >= 0.6 is 0 Å². The predicted octanol–water partition coefficient (Wildman–Crippen LogP) is 4.12. The minimum absolute atomic E-state index is 0.0498. The number of anilines is 1. The second-order valence-electron chi connectivity index (χ2n) is 7.37. The molecule has 6 heteroatoms. The van der Waals surface area contributed by atoms with Crippen LogP contribution in [0.5, 0.6) is 11.5 Å². The number of rotatable bonds is 6. The average molecular weight is 396 g/mol. The molecule has 0 aliphatic carbocycles. The summed E-state index contributed by atoms with van der Waals surface area (Å²) >= 11 is 0. The fraction of sp³-hybridized carbons (Fsp3) is 0.391. The van der Waals surface area contributed by atoms with E-state index in [-0.39, 0.29) is 30.5 Å². The van der Waals surface area contributed by atoms with Gasteiger partial charge in [0.25, 0.3) is 11.8 Å². The molecule has 1 aliphatic rings. The van der Waals surface area contributed by atoms with Crippen LogP contribution in [-0.4, -0.2) is 42.5 Å². The van der Waals surface area contributed by atoms with Crippen molar-refractivity contribution in [3.05, 3.63) is 54.1 Å². The Bertz CT molecular complexity index is 857. The molecule has 2 atom stereocenters. The summed E-state index contributed by atoms with van der Waals surface area (Å²) in [5.74, 6) is 0.663. The first-order valence-corrected chi connectivity index (χ1v) is 9.98. The summed E-state index contributed by atoms with van der Waals surface area (Å²) in [6, 6.07) is 14.6. The zero-order chi connectivity index (χ0) is 20.8. The van der Waals surface area contributed by atoms with E-state index in [1.165, 1.54) is 0 Å². The van der Waals surface area contributed by atoms with Crippen LogP contribution in [0.4, 0.5) is 5.69 Å². The highest BCUT2D eigenvalue weighted by Crippen LogP contribution is 2.28. The predicted molar refractivity (Wildman–Crippen MR) is 113 cm³/mol. The van der Waals surface area contributed by atoms with Gasteiger partial charge in [0.2, 0.25) is 0 Å². The maximum atomic E-state index is 13.2. The third kappa shape index (κ3) is 4.88. The number of likely N-dealkylation sites (tertiary alicyclic amines) is 1. The lowest BCUT2D eigenvalue weighted by Crippen LogP contribution is -2.47. The Balaban J connectivity index is 1.70. The summed E-state index contributed by atoms with van der Waals surface area (Å²) in [7, 11) is 1.55. The van der Waals surface area contributed by atoms with E-state index in [0.29, 0.717) is 22.7 Å². The van der Waals surface area contributed by atoms with Crippen molar-refractivity contribution in [2.75, 3.05) is 19.0 Å². The van der Waals surface area contributed by atoms with Gasteiger partial charge in [-0.05, 0) is 57.4 Å². The highest BCUT2D eigenvalue weighted by Gasteiger charge is 2.30. The number of piperidine rings is 1. The fourth-order valence-electron chi connectivity index (χ4n) is 3.81. The van der Waals surface area contributed by atoms with Crippen LogP contribution in [0.25, 0.3) is 0 Å². The Morgan fingerprint density at radius 1 is 1.00 bits per heavy atom. The normalized spacial score (nSPS) is 18.8. The summed E-state index contributed by atoms with van der Waals surface area (Å²) in [5, 5.41) is 2.82. The second kappa shape index (κ2) is 9.45. The van der Waals surface area contributed by atoms with E-state index in [4.69, 9.17) is 9.47 Å². The van der Waals surface area contributed by atoms with Gasteiger partial charge in [-0.15, -0.1) is 0 Å². The number of nitrogens with zero attached hydrogens (tertiary/aromatic N) is 1. The molecule has 29 heavy (non-hydrogen) atoms. The lowest BCUT2D eigenvalue weighted by molar-refractivity contribution is -0.118. The third-order valence-corrected chi connectivity index (χ3v) is 5.29. The Kier molecular flexibility index (Phi) is 6.75. The van der Waals surface area contributed by atoms with Crippen LogP contribution in [0.15, 0.2) is 48.5 Å². The van der Waals surface area contributed by atoms with Crippen molar-refractivity contribution >= 4 is 17.5 Å². The van der Waals surface area contributed by atoms with Gasteiger partial charge in [0.05, 0.1) is 18.4 Å². The van der Waals surface area contributed by atoms with Crippen molar-refractivity contribution in [1.82, 2.24) is 4.90 Å². The summed E-state index contributed by atoms with van der Waals surface area (Å²) in [4.78, 5) is 27.6. The van der Waals surface area contributed by atoms with E-state index in [2.05, 4.69) is 19.2 Å². The zero-order valence-electron chi connectivity index (χ0n) is 17.2. The van der Waals surface area contributed by atoms with Crippen LogP contribution in [0.3, 0.4) is 0 Å². The van der Waals surface area contributed by atoms with Gasteiger partial charge in [-0.2, -0.15) is 0 Å². The van der Waals surface area contributed by atoms with Crippen LogP contribution in [0.1, 0.15) is 43.5 Å². The van der Waals surface area contributed by atoms with Gasteiger partial charge in [0.15, 0.2) is 18.1 Å². The van der Waals surface area contributed by atoms with Crippen LogP contribution < -0.4 is 14.8 Å². The van der Waals surface area contributed by atoms with E-state index in [0.717, 1.165) is 19.3 Å². The number of amides is 2. The van der Waals surface area contributed by atoms with Gasteiger partial charge in [-0.25, -0.2) is 0 Å². The molecule has 2 aromatic carbocycles. The SMILES string of the molecule is COc1ccccc1OCC(=O)Nc1ccccc1C(=O)N1C(C)CCCC1C. The summed E-state index contributed by atoms with van der Waals surface area (Å²) in [6.45, 7) is 3.98. The first-order chi connectivity index (χ1) is 14.0. The zero-order valence-corrected chi connectivity index (χ0v) is 17.2. The average Bonchev–Trinajstić information content (AvgIpc) is 2.72.